The van der Waals surface area contributed by atoms with Crippen LogP contribution in [-0.2, 0) is 0 Å². The smallest absolute Gasteiger partial charge is 0.0990 e. The van der Waals surface area contributed by atoms with Gasteiger partial charge < -0.3 is 5.73 Å². The third-order valence-electron chi connectivity index (χ3n) is 2.57. The molecule has 1 unspecified atom stereocenters. The van der Waals surface area contributed by atoms with Crippen LogP contribution in [0.5, 0.6) is 0 Å². The lowest BCUT2D eigenvalue weighted by Crippen LogP contribution is -2.28. The first-order valence-corrected chi connectivity index (χ1v) is 4.85. The highest BCUT2D eigenvalue weighted by Gasteiger charge is 2.25. The average molecular weight is 182 g/mol. The van der Waals surface area contributed by atoms with E-state index in [4.69, 9.17) is 23.2 Å². The molecule has 0 aromatic heterocycles. The molecule has 2 nitrogen and oxygen atoms in total. The van der Waals surface area contributed by atoms with Gasteiger partial charge in [-0.25, -0.2) is 0 Å². The molecule has 2 N–H and O–H groups in total. The van der Waals surface area contributed by atoms with Crippen molar-refractivity contribution in [1.82, 2.24) is 0 Å². The number of nitrogens with two attached hydrogens (primary N) is 1. The summed E-state index contributed by atoms with van der Waals surface area (Å²) in [5, 5.41) is 8.83. The minimum atomic E-state index is -0.180. The fourth-order valence-electron chi connectivity index (χ4n) is 1.87. The van der Waals surface area contributed by atoms with Gasteiger partial charge in [-0.2, -0.15) is 5.26 Å². The second-order valence-electron chi connectivity index (χ2n) is 3.41. The minimum absolute atomic E-state index is 0.180. The highest BCUT2D eigenvalue weighted by molar-refractivity contribution is 7.80. The first-order valence-electron chi connectivity index (χ1n) is 4.44. The molecule has 0 aromatic carbocycles. The Kier molecular flexibility index (Phi) is 3.48. The molecule has 0 bridgehead atoms. The van der Waals surface area contributed by atoms with Gasteiger partial charge in [0.2, 0.25) is 0 Å². The summed E-state index contributed by atoms with van der Waals surface area (Å²) in [5.41, 5.74) is 5.49. The van der Waals surface area contributed by atoms with Crippen LogP contribution in [0.2, 0.25) is 0 Å². The fraction of sp³-hybridized carbons (Fsp3) is 0.778. The van der Waals surface area contributed by atoms with Crippen LogP contribution in [0, 0.1) is 23.2 Å². The van der Waals surface area contributed by atoms with E-state index in [9.17, 15) is 0 Å². The third-order valence-corrected chi connectivity index (χ3v) is 2.82. The standard InChI is InChI=1S/C9H14N2S/c10-6-8(9(11)12)7-4-2-1-3-5-7/h7-8H,1-5H2,(H2,11,12). The van der Waals surface area contributed by atoms with Crippen molar-refractivity contribution < 1.29 is 0 Å². The molecule has 0 aliphatic heterocycles. The van der Waals surface area contributed by atoms with E-state index in [0.717, 1.165) is 12.8 Å². The molecule has 1 atom stereocenters. The van der Waals surface area contributed by atoms with Crippen molar-refractivity contribution in [3.05, 3.63) is 0 Å². The number of nitriles is 1. The maximum absolute atomic E-state index is 8.83. The molecule has 0 saturated heterocycles. The minimum Gasteiger partial charge on any atom is -0.392 e. The maximum atomic E-state index is 8.83. The molecule has 1 fully saturated rings. The van der Waals surface area contributed by atoms with E-state index < -0.39 is 0 Å². The van der Waals surface area contributed by atoms with Crippen LogP contribution < -0.4 is 5.73 Å². The van der Waals surface area contributed by atoms with Gasteiger partial charge in [0.15, 0.2) is 0 Å². The molecular formula is C9H14N2S. The Morgan fingerprint density at radius 1 is 1.42 bits per heavy atom. The van der Waals surface area contributed by atoms with Gasteiger partial charge in [-0.05, 0) is 18.8 Å². The molecule has 0 spiro atoms. The van der Waals surface area contributed by atoms with Gasteiger partial charge in [0.05, 0.1) is 17.0 Å². The Bertz CT molecular complexity index is 201. The summed E-state index contributed by atoms with van der Waals surface area (Å²) in [6, 6.07) is 2.20. The number of hydrogen-bond donors (Lipinski definition) is 1. The molecule has 0 radical (unpaired) electrons. The highest BCUT2D eigenvalue weighted by atomic mass is 32.1. The van der Waals surface area contributed by atoms with E-state index in [2.05, 4.69) is 6.07 Å². The van der Waals surface area contributed by atoms with Crippen LogP contribution in [-0.4, -0.2) is 4.99 Å². The number of rotatable bonds is 2. The summed E-state index contributed by atoms with van der Waals surface area (Å²) in [4.78, 5) is 0.379. The van der Waals surface area contributed by atoms with Crippen molar-refractivity contribution >= 4 is 17.2 Å². The quantitative estimate of drug-likeness (QED) is 0.664. The molecule has 3 heteroatoms. The largest absolute Gasteiger partial charge is 0.392 e. The van der Waals surface area contributed by atoms with Crippen LogP contribution >= 0.6 is 12.2 Å². The van der Waals surface area contributed by atoms with Gasteiger partial charge in [0.25, 0.3) is 0 Å². The van der Waals surface area contributed by atoms with Crippen LogP contribution in [0.3, 0.4) is 0 Å². The van der Waals surface area contributed by atoms with Crippen molar-refractivity contribution in [3.63, 3.8) is 0 Å². The van der Waals surface area contributed by atoms with Gasteiger partial charge in [-0.3, -0.25) is 0 Å². The van der Waals surface area contributed by atoms with Crippen LogP contribution in [0.1, 0.15) is 32.1 Å². The van der Waals surface area contributed by atoms with Crippen molar-refractivity contribution in [3.8, 4) is 6.07 Å². The predicted molar refractivity (Wildman–Crippen MR) is 52.5 cm³/mol. The summed E-state index contributed by atoms with van der Waals surface area (Å²) in [6.07, 6.45) is 5.99. The van der Waals surface area contributed by atoms with Crippen LogP contribution in [0.25, 0.3) is 0 Å². The summed E-state index contributed by atoms with van der Waals surface area (Å²) in [5.74, 6) is 0.251. The van der Waals surface area contributed by atoms with Crippen LogP contribution in [0.15, 0.2) is 0 Å². The predicted octanol–water partition coefficient (Wildman–Crippen LogP) is 1.99. The molecule has 0 heterocycles. The van der Waals surface area contributed by atoms with Gasteiger partial charge in [-0.1, -0.05) is 31.5 Å². The van der Waals surface area contributed by atoms with Gasteiger partial charge in [-0.15, -0.1) is 0 Å². The number of thiocarbonyl (C=S) groups is 1. The van der Waals surface area contributed by atoms with E-state index in [1.54, 1.807) is 0 Å². The zero-order valence-electron chi connectivity index (χ0n) is 7.12. The molecule has 66 valence electrons. The monoisotopic (exact) mass is 182 g/mol. The maximum Gasteiger partial charge on any atom is 0.0990 e. The zero-order valence-corrected chi connectivity index (χ0v) is 7.94. The molecule has 1 aliphatic rings. The second-order valence-corrected chi connectivity index (χ2v) is 3.88. The number of hydrogen-bond acceptors (Lipinski definition) is 2. The molecule has 0 aromatic rings. The molecule has 1 saturated carbocycles. The Hall–Kier alpha value is -0.620. The molecule has 1 aliphatic carbocycles. The summed E-state index contributed by atoms with van der Waals surface area (Å²) < 4.78 is 0. The van der Waals surface area contributed by atoms with Gasteiger partial charge >= 0.3 is 0 Å². The Balaban J connectivity index is 2.53. The number of nitrogens with zero attached hydrogens (tertiary/aromatic N) is 1. The van der Waals surface area contributed by atoms with Crippen molar-refractivity contribution in [2.24, 2.45) is 17.6 Å². The second kappa shape index (κ2) is 4.42. The summed E-state index contributed by atoms with van der Waals surface area (Å²) in [7, 11) is 0. The van der Waals surface area contributed by atoms with Crippen molar-refractivity contribution in [2.75, 3.05) is 0 Å². The normalized spacial score (nSPS) is 21.2. The van der Waals surface area contributed by atoms with E-state index in [0.29, 0.717) is 10.9 Å². The van der Waals surface area contributed by atoms with E-state index >= 15 is 0 Å². The molecular weight excluding hydrogens is 168 g/mol. The lowest BCUT2D eigenvalue weighted by atomic mass is 9.80. The first-order chi connectivity index (χ1) is 5.75. The lowest BCUT2D eigenvalue weighted by molar-refractivity contribution is 0.333. The zero-order chi connectivity index (χ0) is 8.97. The van der Waals surface area contributed by atoms with Crippen LogP contribution in [0.4, 0.5) is 0 Å². The molecule has 1 rings (SSSR count). The van der Waals surface area contributed by atoms with E-state index in [1.165, 1.54) is 19.3 Å². The summed E-state index contributed by atoms with van der Waals surface area (Å²) in [6.45, 7) is 0. The third kappa shape index (κ3) is 2.18. The topological polar surface area (TPSA) is 49.8 Å². The van der Waals surface area contributed by atoms with E-state index in [-0.39, 0.29) is 5.92 Å². The van der Waals surface area contributed by atoms with E-state index in [1.807, 2.05) is 0 Å². The average Bonchev–Trinajstić information content (AvgIpc) is 2.07. The Labute approximate surface area is 78.7 Å². The van der Waals surface area contributed by atoms with Crippen molar-refractivity contribution in [1.29, 1.82) is 5.26 Å². The lowest BCUT2D eigenvalue weighted by Gasteiger charge is -2.24. The van der Waals surface area contributed by atoms with Gasteiger partial charge in [0.1, 0.15) is 0 Å². The molecule has 12 heavy (non-hydrogen) atoms. The first kappa shape index (κ1) is 9.47. The molecule has 0 amide bonds. The Morgan fingerprint density at radius 2 is 2.00 bits per heavy atom. The van der Waals surface area contributed by atoms with Crippen molar-refractivity contribution in [2.45, 2.75) is 32.1 Å². The highest BCUT2D eigenvalue weighted by Crippen LogP contribution is 2.29. The fourth-order valence-corrected chi connectivity index (χ4v) is 2.11. The van der Waals surface area contributed by atoms with Gasteiger partial charge in [0, 0.05) is 0 Å². The summed E-state index contributed by atoms with van der Waals surface area (Å²) >= 11 is 4.85. The Morgan fingerprint density at radius 3 is 2.42 bits per heavy atom. The SMILES string of the molecule is N#CC(C(N)=S)C1CCCCC1.